The van der Waals surface area contributed by atoms with Crippen LogP contribution in [0.15, 0.2) is 16.4 Å². The number of ether oxygens (including phenoxy) is 2. The number of hydrogen-bond acceptors (Lipinski definition) is 6. The molecule has 5 nitrogen and oxygen atoms in total. The molecule has 0 aliphatic carbocycles. The van der Waals surface area contributed by atoms with Crippen molar-refractivity contribution in [3.8, 4) is 0 Å². The third-order valence-corrected chi connectivity index (χ3v) is 3.22. The first kappa shape index (κ1) is 12.8. The first-order chi connectivity index (χ1) is 8.37. The quantitative estimate of drug-likeness (QED) is 0.468. The Kier molecular flexibility index (Phi) is 3.21. The minimum absolute atomic E-state index is 0.631. The average molecular weight is 267 g/mol. The SMILES string of the molecule is Cc1csc(N=CC2C(=O)OC(C)(C)OC2=O)c1. The van der Waals surface area contributed by atoms with Gasteiger partial charge in [0.2, 0.25) is 0 Å². The van der Waals surface area contributed by atoms with Gasteiger partial charge >= 0.3 is 11.9 Å². The minimum Gasteiger partial charge on any atom is -0.422 e. The highest BCUT2D eigenvalue weighted by molar-refractivity contribution is 7.14. The van der Waals surface area contributed by atoms with E-state index < -0.39 is 23.6 Å². The van der Waals surface area contributed by atoms with E-state index in [9.17, 15) is 9.59 Å². The standard InChI is InChI=1S/C12H13NO4S/c1-7-4-9(18-6-7)13-5-8-10(14)16-12(2,3)17-11(8)15/h4-6,8H,1-3H3. The van der Waals surface area contributed by atoms with Gasteiger partial charge in [-0.05, 0) is 23.9 Å². The lowest BCUT2D eigenvalue weighted by molar-refractivity contribution is -0.235. The Morgan fingerprint density at radius 1 is 1.33 bits per heavy atom. The molecule has 0 N–H and O–H groups in total. The number of aryl methyl sites for hydroxylation is 1. The van der Waals surface area contributed by atoms with Gasteiger partial charge in [0.15, 0.2) is 5.92 Å². The molecule has 1 fully saturated rings. The third kappa shape index (κ3) is 2.76. The predicted molar refractivity (Wildman–Crippen MR) is 67.0 cm³/mol. The van der Waals surface area contributed by atoms with Gasteiger partial charge < -0.3 is 9.47 Å². The summed E-state index contributed by atoms with van der Waals surface area (Å²) < 4.78 is 9.96. The zero-order valence-electron chi connectivity index (χ0n) is 10.3. The fourth-order valence-electron chi connectivity index (χ4n) is 1.48. The van der Waals surface area contributed by atoms with Crippen molar-refractivity contribution in [3.63, 3.8) is 0 Å². The highest BCUT2D eigenvalue weighted by Gasteiger charge is 2.42. The van der Waals surface area contributed by atoms with Gasteiger partial charge in [0.25, 0.3) is 5.79 Å². The first-order valence-electron chi connectivity index (χ1n) is 5.42. The van der Waals surface area contributed by atoms with Crippen LogP contribution < -0.4 is 0 Å². The number of rotatable bonds is 2. The van der Waals surface area contributed by atoms with Crippen LogP contribution in [0.3, 0.4) is 0 Å². The molecule has 0 aromatic carbocycles. The molecule has 0 radical (unpaired) electrons. The summed E-state index contributed by atoms with van der Waals surface area (Å²) in [6.45, 7) is 4.97. The average Bonchev–Trinajstić information content (AvgIpc) is 2.61. The van der Waals surface area contributed by atoms with E-state index in [0.717, 1.165) is 10.6 Å². The Hall–Kier alpha value is -1.69. The predicted octanol–water partition coefficient (Wildman–Crippen LogP) is 2.21. The molecular weight excluding hydrogens is 254 g/mol. The Bertz CT molecular complexity index is 498. The van der Waals surface area contributed by atoms with Gasteiger partial charge in [-0.15, -0.1) is 11.3 Å². The van der Waals surface area contributed by atoms with Crippen molar-refractivity contribution in [3.05, 3.63) is 17.0 Å². The summed E-state index contributed by atoms with van der Waals surface area (Å²) in [5.74, 6) is -3.54. The zero-order valence-corrected chi connectivity index (χ0v) is 11.1. The molecule has 0 atom stereocenters. The molecule has 1 aliphatic rings. The summed E-state index contributed by atoms with van der Waals surface area (Å²) in [5, 5.41) is 2.67. The van der Waals surface area contributed by atoms with Gasteiger partial charge in [-0.1, -0.05) is 0 Å². The number of nitrogens with zero attached hydrogens (tertiary/aromatic N) is 1. The highest BCUT2D eigenvalue weighted by Crippen LogP contribution is 2.25. The summed E-state index contributed by atoms with van der Waals surface area (Å²) in [5.41, 5.74) is 1.09. The van der Waals surface area contributed by atoms with Crippen LogP contribution in [0.25, 0.3) is 0 Å². The number of hydrogen-bond donors (Lipinski definition) is 0. The normalized spacial score (nSPS) is 19.9. The molecule has 0 saturated carbocycles. The van der Waals surface area contributed by atoms with Gasteiger partial charge in [-0.25, -0.2) is 4.99 Å². The monoisotopic (exact) mass is 267 g/mol. The molecule has 1 aliphatic heterocycles. The largest absolute Gasteiger partial charge is 0.422 e. The van der Waals surface area contributed by atoms with E-state index in [2.05, 4.69) is 4.99 Å². The van der Waals surface area contributed by atoms with Gasteiger partial charge in [0.05, 0.1) is 0 Å². The maximum absolute atomic E-state index is 11.6. The summed E-state index contributed by atoms with van der Waals surface area (Å²) in [6.07, 6.45) is 1.27. The number of carbonyl (C=O) groups is 2. The lowest BCUT2D eigenvalue weighted by atomic mass is 10.1. The second-order valence-corrected chi connectivity index (χ2v) is 5.35. The van der Waals surface area contributed by atoms with Crippen molar-refractivity contribution < 1.29 is 19.1 Å². The molecule has 2 heterocycles. The van der Waals surface area contributed by atoms with Crippen LogP contribution in [0.4, 0.5) is 5.00 Å². The van der Waals surface area contributed by atoms with Crippen LogP contribution in [0.2, 0.25) is 0 Å². The van der Waals surface area contributed by atoms with Crippen LogP contribution in [0.1, 0.15) is 19.4 Å². The van der Waals surface area contributed by atoms with Gasteiger partial charge in [0, 0.05) is 20.1 Å². The lowest BCUT2D eigenvalue weighted by Crippen LogP contribution is -2.46. The van der Waals surface area contributed by atoms with Gasteiger partial charge in [-0.2, -0.15) is 0 Å². The maximum Gasteiger partial charge on any atom is 0.329 e. The molecule has 2 rings (SSSR count). The summed E-state index contributed by atoms with van der Waals surface area (Å²) in [4.78, 5) is 27.4. The summed E-state index contributed by atoms with van der Waals surface area (Å²) in [6, 6.07) is 1.87. The molecule has 96 valence electrons. The molecule has 6 heteroatoms. The number of cyclic esters (lactones) is 2. The van der Waals surface area contributed by atoms with Crippen molar-refractivity contribution in [2.75, 3.05) is 0 Å². The molecule has 1 saturated heterocycles. The number of aliphatic imine (C=N–C) groups is 1. The van der Waals surface area contributed by atoms with Crippen LogP contribution in [0, 0.1) is 12.8 Å². The Morgan fingerprint density at radius 3 is 2.44 bits per heavy atom. The molecule has 1 aromatic heterocycles. The summed E-state index contributed by atoms with van der Waals surface area (Å²) in [7, 11) is 0. The Labute approximate surface area is 108 Å². The van der Waals surface area contributed by atoms with Crippen molar-refractivity contribution in [2.45, 2.75) is 26.6 Å². The molecule has 0 bridgehead atoms. The first-order valence-corrected chi connectivity index (χ1v) is 6.30. The second kappa shape index (κ2) is 4.53. The minimum atomic E-state index is -1.20. The molecule has 0 unspecified atom stereocenters. The van der Waals surface area contributed by atoms with Crippen molar-refractivity contribution in [2.24, 2.45) is 10.9 Å². The van der Waals surface area contributed by atoms with Crippen LogP contribution in [0.5, 0.6) is 0 Å². The Balaban J connectivity index is 2.12. The maximum atomic E-state index is 11.6. The highest BCUT2D eigenvalue weighted by atomic mass is 32.1. The number of esters is 2. The van der Waals surface area contributed by atoms with Crippen molar-refractivity contribution in [1.29, 1.82) is 0 Å². The molecule has 0 amide bonds. The zero-order chi connectivity index (χ0) is 13.3. The number of carbonyl (C=O) groups excluding carboxylic acids is 2. The topological polar surface area (TPSA) is 65.0 Å². The van der Waals surface area contributed by atoms with Gasteiger partial charge in [0.1, 0.15) is 5.00 Å². The van der Waals surface area contributed by atoms with Crippen molar-refractivity contribution >= 4 is 34.5 Å². The Morgan fingerprint density at radius 2 is 1.94 bits per heavy atom. The fourth-order valence-corrected chi connectivity index (χ4v) is 2.23. The van der Waals surface area contributed by atoms with E-state index in [0.29, 0.717) is 0 Å². The lowest BCUT2D eigenvalue weighted by Gasteiger charge is -2.31. The molecule has 18 heavy (non-hydrogen) atoms. The van der Waals surface area contributed by atoms with Crippen LogP contribution in [-0.4, -0.2) is 23.9 Å². The molecule has 0 spiro atoms. The fraction of sp³-hybridized carbons (Fsp3) is 0.417. The van der Waals surface area contributed by atoms with E-state index in [1.807, 2.05) is 18.4 Å². The van der Waals surface area contributed by atoms with Gasteiger partial charge in [-0.3, -0.25) is 9.59 Å². The smallest absolute Gasteiger partial charge is 0.329 e. The van der Waals surface area contributed by atoms with Crippen molar-refractivity contribution in [1.82, 2.24) is 0 Å². The summed E-state index contributed by atoms with van der Waals surface area (Å²) >= 11 is 1.44. The van der Waals surface area contributed by atoms with E-state index in [4.69, 9.17) is 9.47 Å². The number of thiophene rings is 1. The third-order valence-electron chi connectivity index (χ3n) is 2.27. The molecular formula is C12H13NO4S. The van der Waals surface area contributed by atoms with Crippen LogP contribution in [-0.2, 0) is 19.1 Å². The van der Waals surface area contributed by atoms with E-state index in [1.165, 1.54) is 31.4 Å². The van der Waals surface area contributed by atoms with E-state index >= 15 is 0 Å². The second-order valence-electron chi connectivity index (χ2n) is 4.46. The molecule has 1 aromatic rings. The van der Waals surface area contributed by atoms with Crippen LogP contribution >= 0.6 is 11.3 Å². The van der Waals surface area contributed by atoms with E-state index in [-0.39, 0.29) is 0 Å². The van der Waals surface area contributed by atoms with E-state index in [1.54, 1.807) is 0 Å².